The van der Waals surface area contributed by atoms with E-state index >= 15 is 0 Å². The summed E-state index contributed by atoms with van der Waals surface area (Å²) in [4.78, 5) is 4.11. The zero-order valence-electron chi connectivity index (χ0n) is 15.2. The number of hydrogen-bond acceptors (Lipinski definition) is 6. The second-order valence-electron chi connectivity index (χ2n) is 6.36. The summed E-state index contributed by atoms with van der Waals surface area (Å²) in [6.45, 7) is 3.62. The van der Waals surface area contributed by atoms with E-state index in [1.54, 1.807) is 43.5 Å². The first kappa shape index (κ1) is 18.1. The van der Waals surface area contributed by atoms with Crippen LogP contribution in [0.4, 0.5) is 0 Å². The van der Waals surface area contributed by atoms with E-state index in [0.29, 0.717) is 34.0 Å². The Labute approximate surface area is 161 Å². The van der Waals surface area contributed by atoms with Gasteiger partial charge in [0.1, 0.15) is 11.2 Å². The molecule has 7 nitrogen and oxygen atoms in total. The Balaban J connectivity index is 1.90. The maximum atomic E-state index is 12.5. The molecule has 0 saturated carbocycles. The first-order valence-corrected chi connectivity index (χ1v) is 10.0. The molecule has 0 bridgehead atoms. The standard InChI is InChI=1S/C20H17N3O4S/c1-12-13(2)23-27-18(12)17-5-3-4-16(19(17)28(21,24)25)14-6-8-15(9-7-14)20-22-10-11-26-20/h3-11H,1-2H3,(H2,21,24,25). The third-order valence-corrected chi connectivity index (χ3v) is 5.59. The Morgan fingerprint density at radius 2 is 1.64 bits per heavy atom. The van der Waals surface area contributed by atoms with Crippen molar-refractivity contribution in [2.24, 2.45) is 5.14 Å². The molecule has 8 heteroatoms. The van der Waals surface area contributed by atoms with E-state index in [1.165, 1.54) is 6.26 Å². The number of primary sulfonamides is 1. The van der Waals surface area contributed by atoms with Gasteiger partial charge in [0.25, 0.3) is 0 Å². The van der Waals surface area contributed by atoms with Crippen molar-refractivity contribution in [3.63, 3.8) is 0 Å². The number of rotatable bonds is 4. The van der Waals surface area contributed by atoms with E-state index in [-0.39, 0.29) is 4.90 Å². The van der Waals surface area contributed by atoms with Gasteiger partial charge in [-0.2, -0.15) is 0 Å². The zero-order chi connectivity index (χ0) is 19.9. The third-order valence-electron chi connectivity index (χ3n) is 4.58. The van der Waals surface area contributed by atoms with Gasteiger partial charge in [-0.1, -0.05) is 29.4 Å². The molecule has 28 heavy (non-hydrogen) atoms. The third kappa shape index (κ3) is 3.12. The molecule has 0 aliphatic carbocycles. The van der Waals surface area contributed by atoms with Gasteiger partial charge < -0.3 is 8.94 Å². The van der Waals surface area contributed by atoms with Crippen molar-refractivity contribution in [2.45, 2.75) is 18.7 Å². The number of nitrogens with two attached hydrogens (primary N) is 1. The summed E-state index contributed by atoms with van der Waals surface area (Å²) < 4.78 is 35.6. The number of aromatic nitrogens is 2. The SMILES string of the molecule is Cc1noc(-c2cccc(-c3ccc(-c4ncco4)cc3)c2S(N)(=O)=O)c1C. The highest BCUT2D eigenvalue weighted by atomic mass is 32.2. The first-order chi connectivity index (χ1) is 13.4. The number of benzene rings is 2. The molecule has 2 N–H and O–H groups in total. The van der Waals surface area contributed by atoms with Crippen LogP contribution < -0.4 is 5.14 Å². The van der Waals surface area contributed by atoms with Gasteiger partial charge in [0.05, 0.1) is 11.9 Å². The predicted molar refractivity (Wildman–Crippen MR) is 104 cm³/mol. The lowest BCUT2D eigenvalue weighted by atomic mass is 9.99. The van der Waals surface area contributed by atoms with Crippen molar-refractivity contribution in [1.82, 2.24) is 10.1 Å². The Morgan fingerprint density at radius 3 is 2.21 bits per heavy atom. The molecule has 2 aromatic heterocycles. The van der Waals surface area contributed by atoms with Gasteiger partial charge in [-0.15, -0.1) is 0 Å². The summed E-state index contributed by atoms with van der Waals surface area (Å²) in [5.41, 5.74) is 3.79. The van der Waals surface area contributed by atoms with Crippen LogP contribution in [0.15, 0.2) is 68.8 Å². The number of sulfonamides is 1. The van der Waals surface area contributed by atoms with Gasteiger partial charge in [-0.05, 0) is 37.6 Å². The molecule has 0 amide bonds. The highest BCUT2D eigenvalue weighted by Gasteiger charge is 2.24. The smallest absolute Gasteiger partial charge is 0.239 e. The molecule has 0 fully saturated rings. The summed E-state index contributed by atoms with van der Waals surface area (Å²) in [6, 6.07) is 12.4. The van der Waals surface area contributed by atoms with Gasteiger partial charge >= 0.3 is 0 Å². The van der Waals surface area contributed by atoms with Crippen molar-refractivity contribution in [1.29, 1.82) is 0 Å². The monoisotopic (exact) mass is 395 g/mol. The minimum Gasteiger partial charge on any atom is -0.445 e. The summed E-state index contributed by atoms with van der Waals surface area (Å²) in [5.74, 6) is 0.875. The topological polar surface area (TPSA) is 112 Å². The maximum absolute atomic E-state index is 12.5. The van der Waals surface area contributed by atoms with Crippen LogP contribution in [-0.4, -0.2) is 18.6 Å². The van der Waals surface area contributed by atoms with Crippen LogP contribution in [-0.2, 0) is 10.0 Å². The second kappa shape index (κ2) is 6.74. The molecule has 4 rings (SSSR count). The van der Waals surface area contributed by atoms with Crippen molar-refractivity contribution < 1.29 is 17.4 Å². The molecule has 0 aliphatic heterocycles. The molecular formula is C20H17N3O4S. The zero-order valence-corrected chi connectivity index (χ0v) is 16.0. The molecule has 4 aromatic rings. The molecule has 142 valence electrons. The molecule has 0 radical (unpaired) electrons. The van der Waals surface area contributed by atoms with E-state index < -0.39 is 10.0 Å². The largest absolute Gasteiger partial charge is 0.445 e. The van der Waals surface area contributed by atoms with Gasteiger partial charge in [-0.25, -0.2) is 18.5 Å². The fraction of sp³-hybridized carbons (Fsp3) is 0.100. The van der Waals surface area contributed by atoms with E-state index in [4.69, 9.17) is 14.1 Å². The normalized spacial score (nSPS) is 11.7. The number of nitrogens with zero attached hydrogens (tertiary/aromatic N) is 2. The van der Waals surface area contributed by atoms with Crippen LogP contribution >= 0.6 is 0 Å². The van der Waals surface area contributed by atoms with Crippen LogP contribution in [0.5, 0.6) is 0 Å². The number of hydrogen-bond donors (Lipinski definition) is 1. The summed E-state index contributed by atoms with van der Waals surface area (Å²) in [6.07, 6.45) is 3.06. The lowest BCUT2D eigenvalue weighted by Gasteiger charge is -2.12. The molecular weight excluding hydrogens is 378 g/mol. The van der Waals surface area contributed by atoms with Crippen LogP contribution in [0, 0.1) is 13.8 Å². The highest BCUT2D eigenvalue weighted by Crippen LogP contribution is 2.37. The number of aryl methyl sites for hydroxylation is 1. The second-order valence-corrected chi connectivity index (χ2v) is 7.86. The van der Waals surface area contributed by atoms with Gasteiger partial charge in [0.2, 0.25) is 15.9 Å². The molecule has 2 heterocycles. The van der Waals surface area contributed by atoms with Crippen LogP contribution in [0.1, 0.15) is 11.3 Å². The van der Waals surface area contributed by atoms with Crippen molar-refractivity contribution in [2.75, 3.05) is 0 Å². The van der Waals surface area contributed by atoms with E-state index in [0.717, 1.165) is 11.1 Å². The Bertz CT molecular complexity index is 1240. The number of oxazole rings is 1. The summed E-state index contributed by atoms with van der Waals surface area (Å²) in [5, 5.41) is 9.51. The van der Waals surface area contributed by atoms with Crippen LogP contribution in [0.2, 0.25) is 0 Å². The highest BCUT2D eigenvalue weighted by molar-refractivity contribution is 7.89. The molecule has 2 aromatic carbocycles. The van der Waals surface area contributed by atoms with Crippen molar-refractivity contribution >= 4 is 10.0 Å². The van der Waals surface area contributed by atoms with E-state index in [2.05, 4.69) is 10.1 Å². The lowest BCUT2D eigenvalue weighted by molar-refractivity contribution is 0.426. The average molecular weight is 395 g/mol. The Hall–Kier alpha value is -3.23. The van der Waals surface area contributed by atoms with Crippen LogP contribution in [0.3, 0.4) is 0 Å². The van der Waals surface area contributed by atoms with Gasteiger partial charge in [0.15, 0.2) is 5.76 Å². The molecule has 0 spiro atoms. The maximum Gasteiger partial charge on any atom is 0.239 e. The molecule has 0 saturated heterocycles. The van der Waals surface area contributed by atoms with Crippen LogP contribution in [0.25, 0.3) is 33.9 Å². The van der Waals surface area contributed by atoms with Gasteiger partial charge in [-0.3, -0.25) is 0 Å². The quantitative estimate of drug-likeness (QED) is 0.560. The fourth-order valence-electron chi connectivity index (χ4n) is 3.07. The molecule has 0 aliphatic rings. The summed E-state index contributed by atoms with van der Waals surface area (Å²) >= 11 is 0. The summed E-state index contributed by atoms with van der Waals surface area (Å²) in [7, 11) is -4.04. The first-order valence-electron chi connectivity index (χ1n) is 8.45. The van der Waals surface area contributed by atoms with E-state index in [9.17, 15) is 8.42 Å². The predicted octanol–water partition coefficient (Wildman–Crippen LogP) is 3.93. The molecule has 0 atom stereocenters. The minimum absolute atomic E-state index is 0.00174. The molecule has 0 unspecified atom stereocenters. The lowest BCUT2D eigenvalue weighted by Crippen LogP contribution is -2.15. The average Bonchev–Trinajstić information content (AvgIpc) is 3.32. The Morgan fingerprint density at radius 1 is 0.964 bits per heavy atom. The Kier molecular flexibility index (Phi) is 4.37. The minimum atomic E-state index is -4.04. The fourth-order valence-corrected chi connectivity index (χ4v) is 4.03. The van der Waals surface area contributed by atoms with Crippen molar-refractivity contribution in [3.05, 3.63) is 66.2 Å². The van der Waals surface area contributed by atoms with Crippen molar-refractivity contribution in [3.8, 4) is 33.9 Å². The van der Waals surface area contributed by atoms with E-state index in [1.807, 2.05) is 19.1 Å². The van der Waals surface area contributed by atoms with Gasteiger partial charge in [0, 0.05) is 22.3 Å².